The summed E-state index contributed by atoms with van der Waals surface area (Å²) in [6.07, 6.45) is -3.12. The molecule has 0 aromatic heterocycles. The molecule has 14 heteroatoms. The largest absolute Gasteiger partial charge is 0.462 e. The third-order valence-corrected chi connectivity index (χ3v) is 7.61. The zero-order valence-electron chi connectivity index (χ0n) is 28.0. The molecule has 1 saturated heterocycles. The minimum Gasteiger partial charge on any atom is -0.462 e. The van der Waals surface area contributed by atoms with Gasteiger partial charge in [-0.05, 0) is 62.8 Å². The highest BCUT2D eigenvalue weighted by atomic mass is 16.6. The van der Waals surface area contributed by atoms with Crippen molar-refractivity contribution in [1.82, 2.24) is 10.6 Å². The predicted molar refractivity (Wildman–Crippen MR) is 171 cm³/mol. The van der Waals surface area contributed by atoms with Crippen LogP contribution >= 0.6 is 0 Å². The molecule has 47 heavy (non-hydrogen) atoms. The van der Waals surface area contributed by atoms with E-state index in [2.05, 4.69) is 15.6 Å². The van der Waals surface area contributed by atoms with E-state index in [1.807, 2.05) is 19.9 Å². The number of nitrogens with zero attached hydrogens (tertiary/aromatic N) is 2. The standard InChI is InChI=1S/C33H46N4O10/c1-7-11-25(38)44-18-24(46-27(40)13-9-3)30(47-28(41)14-10-4)23(45-26(39)12-8-2)17-37-22-16-20(6)19(5)15-21(22)34-29-31(37)35-33(43)36-32(29)42/h15-16,23-24,30-31H,7-14,17-18H2,1-6H3,(H2,35,36,42,43)/t23-,24+,30-,31?/m0/s1. The van der Waals surface area contributed by atoms with Crippen molar-refractivity contribution >= 4 is 52.9 Å². The molecule has 3 rings (SSSR count). The Morgan fingerprint density at radius 2 is 1.32 bits per heavy atom. The zero-order valence-corrected chi connectivity index (χ0v) is 28.0. The summed E-state index contributed by atoms with van der Waals surface area (Å²) in [6, 6.07) is 2.87. The van der Waals surface area contributed by atoms with Gasteiger partial charge in [-0.2, -0.15) is 0 Å². The van der Waals surface area contributed by atoms with E-state index in [1.54, 1.807) is 38.7 Å². The molecule has 1 fully saturated rings. The van der Waals surface area contributed by atoms with Crippen molar-refractivity contribution in [2.45, 2.75) is 117 Å². The number of benzene rings is 1. The van der Waals surface area contributed by atoms with Gasteiger partial charge in [-0.25, -0.2) is 9.79 Å². The average Bonchev–Trinajstić information content (AvgIpc) is 2.99. The number of amides is 3. The van der Waals surface area contributed by atoms with Crippen molar-refractivity contribution in [2.24, 2.45) is 4.99 Å². The summed E-state index contributed by atoms with van der Waals surface area (Å²) in [7, 11) is 0. The molecule has 3 amide bonds. The number of anilines is 1. The Labute approximate surface area is 274 Å². The van der Waals surface area contributed by atoms with E-state index in [9.17, 15) is 28.8 Å². The third-order valence-electron chi connectivity index (χ3n) is 7.61. The third kappa shape index (κ3) is 10.00. The molecule has 2 N–H and O–H groups in total. The molecule has 0 radical (unpaired) electrons. The van der Waals surface area contributed by atoms with Crippen molar-refractivity contribution in [2.75, 3.05) is 18.1 Å². The quantitative estimate of drug-likeness (QED) is 0.183. The van der Waals surface area contributed by atoms with Crippen molar-refractivity contribution in [3.8, 4) is 0 Å². The maximum absolute atomic E-state index is 13.1. The van der Waals surface area contributed by atoms with Crippen molar-refractivity contribution in [3.05, 3.63) is 23.3 Å². The van der Waals surface area contributed by atoms with Crippen molar-refractivity contribution in [3.63, 3.8) is 0 Å². The molecule has 1 aromatic rings. The first-order valence-corrected chi connectivity index (χ1v) is 16.2. The first-order valence-electron chi connectivity index (χ1n) is 16.2. The highest BCUT2D eigenvalue weighted by Gasteiger charge is 2.45. The number of hydrogen-bond acceptors (Lipinski definition) is 12. The number of imide groups is 1. The molecule has 258 valence electrons. The lowest BCUT2D eigenvalue weighted by Crippen LogP contribution is -2.67. The van der Waals surface area contributed by atoms with E-state index in [1.165, 1.54) is 0 Å². The van der Waals surface area contributed by atoms with E-state index in [0.29, 0.717) is 37.1 Å². The fourth-order valence-corrected chi connectivity index (χ4v) is 5.15. The molecular formula is C33H46N4O10. The number of urea groups is 1. The molecule has 1 unspecified atom stereocenters. The summed E-state index contributed by atoms with van der Waals surface area (Å²) in [5.41, 5.74) is 2.74. The van der Waals surface area contributed by atoms with E-state index < -0.39 is 66.9 Å². The monoisotopic (exact) mass is 658 g/mol. The van der Waals surface area contributed by atoms with E-state index >= 15 is 0 Å². The highest BCUT2D eigenvalue weighted by Crippen LogP contribution is 2.38. The van der Waals surface area contributed by atoms with E-state index in [0.717, 1.165) is 11.1 Å². The van der Waals surface area contributed by atoms with Crippen LogP contribution in [0.25, 0.3) is 0 Å². The Kier molecular flexibility index (Phi) is 13.7. The van der Waals surface area contributed by atoms with Gasteiger partial charge in [0.15, 0.2) is 24.5 Å². The lowest BCUT2D eigenvalue weighted by molar-refractivity contribution is -0.191. The first-order chi connectivity index (χ1) is 22.4. The second-order valence-electron chi connectivity index (χ2n) is 11.6. The van der Waals surface area contributed by atoms with Gasteiger partial charge in [-0.1, -0.05) is 27.7 Å². The van der Waals surface area contributed by atoms with Gasteiger partial charge in [-0.15, -0.1) is 0 Å². The fraction of sp³-hybridized carbons (Fsp3) is 0.606. The summed E-state index contributed by atoms with van der Waals surface area (Å²) >= 11 is 0. The lowest BCUT2D eigenvalue weighted by Gasteiger charge is -2.43. The number of carbonyl (C=O) groups is 6. The fourth-order valence-electron chi connectivity index (χ4n) is 5.15. The minimum absolute atomic E-state index is 0.00191. The predicted octanol–water partition coefficient (Wildman–Crippen LogP) is 3.84. The smallest absolute Gasteiger partial charge is 0.323 e. The van der Waals surface area contributed by atoms with Gasteiger partial charge in [0, 0.05) is 25.7 Å². The van der Waals surface area contributed by atoms with Gasteiger partial charge in [0.25, 0.3) is 5.91 Å². The molecule has 2 aliphatic rings. The Bertz CT molecular complexity index is 1380. The molecule has 0 aliphatic carbocycles. The van der Waals surface area contributed by atoms with Crippen LogP contribution in [-0.2, 0) is 42.9 Å². The molecule has 0 spiro atoms. The molecule has 0 saturated carbocycles. The Morgan fingerprint density at radius 1 is 0.787 bits per heavy atom. The number of aliphatic imine (C=N–C) groups is 1. The number of aryl methyl sites for hydroxylation is 2. The van der Waals surface area contributed by atoms with Crippen molar-refractivity contribution < 1.29 is 47.7 Å². The van der Waals surface area contributed by atoms with Crippen LogP contribution in [0.4, 0.5) is 16.2 Å². The van der Waals surface area contributed by atoms with E-state index in [-0.39, 0.29) is 37.9 Å². The van der Waals surface area contributed by atoms with Gasteiger partial charge in [0.2, 0.25) is 0 Å². The molecule has 2 aliphatic heterocycles. The maximum Gasteiger partial charge on any atom is 0.323 e. The van der Waals surface area contributed by atoms with Crippen LogP contribution in [0.5, 0.6) is 0 Å². The van der Waals surface area contributed by atoms with Crippen LogP contribution in [-0.4, -0.2) is 79.2 Å². The lowest BCUT2D eigenvalue weighted by atomic mass is 10.0. The molecule has 14 nitrogen and oxygen atoms in total. The zero-order chi connectivity index (χ0) is 34.7. The molecule has 0 bridgehead atoms. The SMILES string of the molecule is CCCC(=O)OC[C@@H](OC(=O)CCC)[C@@H](OC(=O)CCC)[C@H](CN1c2cc(C)c(C)cc2N=C2C(=O)NC(=O)NC21)OC(=O)CCC. The summed E-state index contributed by atoms with van der Waals surface area (Å²) in [4.78, 5) is 83.1. The Balaban J connectivity index is 2.16. The second kappa shape index (κ2) is 17.4. The molecule has 4 atom stereocenters. The van der Waals surface area contributed by atoms with Crippen molar-refractivity contribution in [1.29, 1.82) is 0 Å². The van der Waals surface area contributed by atoms with Gasteiger partial charge in [0.05, 0.1) is 17.9 Å². The van der Waals surface area contributed by atoms with Crippen LogP contribution < -0.4 is 15.5 Å². The molecule has 1 aromatic carbocycles. The Hall–Kier alpha value is -4.49. The second-order valence-corrected chi connectivity index (χ2v) is 11.6. The van der Waals surface area contributed by atoms with Crippen LogP contribution in [0.2, 0.25) is 0 Å². The molecular weight excluding hydrogens is 612 g/mol. The maximum atomic E-state index is 13.1. The summed E-state index contributed by atoms with van der Waals surface area (Å²) in [5, 5.41) is 4.91. The number of ether oxygens (including phenoxy) is 4. The van der Waals surface area contributed by atoms with Gasteiger partial charge in [-0.3, -0.25) is 29.3 Å². The summed E-state index contributed by atoms with van der Waals surface area (Å²) < 4.78 is 23.1. The van der Waals surface area contributed by atoms with Crippen LogP contribution in [0.3, 0.4) is 0 Å². The van der Waals surface area contributed by atoms with Crippen LogP contribution in [0.1, 0.15) is 90.2 Å². The number of hydrogen-bond donors (Lipinski definition) is 2. The minimum atomic E-state index is -1.43. The average molecular weight is 659 g/mol. The van der Waals surface area contributed by atoms with Gasteiger partial charge in [0.1, 0.15) is 12.3 Å². The van der Waals surface area contributed by atoms with Gasteiger partial charge >= 0.3 is 29.9 Å². The first kappa shape index (κ1) is 37.0. The number of fused-ring (bicyclic) bond motifs is 2. The Morgan fingerprint density at radius 3 is 1.91 bits per heavy atom. The van der Waals surface area contributed by atoms with Crippen LogP contribution in [0, 0.1) is 13.8 Å². The number of rotatable bonds is 17. The number of carbonyl (C=O) groups excluding carboxylic acids is 6. The summed E-state index contributed by atoms with van der Waals surface area (Å²) in [6.45, 7) is 10.2. The van der Waals surface area contributed by atoms with Crippen LogP contribution in [0.15, 0.2) is 17.1 Å². The normalized spacial score (nSPS) is 17.1. The molecule has 2 heterocycles. The van der Waals surface area contributed by atoms with Gasteiger partial charge < -0.3 is 29.2 Å². The number of nitrogens with one attached hydrogen (secondary N) is 2. The topological polar surface area (TPSA) is 179 Å². The number of esters is 4. The summed E-state index contributed by atoms with van der Waals surface area (Å²) in [5.74, 6) is -3.14. The highest BCUT2D eigenvalue weighted by molar-refractivity contribution is 6.46. The van der Waals surface area contributed by atoms with E-state index in [4.69, 9.17) is 18.9 Å².